The van der Waals surface area contributed by atoms with Crippen molar-refractivity contribution in [2.24, 2.45) is 5.92 Å². The van der Waals surface area contributed by atoms with E-state index in [0.717, 1.165) is 6.07 Å². The summed E-state index contributed by atoms with van der Waals surface area (Å²) in [6.45, 7) is -0.199. The van der Waals surface area contributed by atoms with Gasteiger partial charge in [0.1, 0.15) is 24.0 Å². The van der Waals surface area contributed by atoms with Crippen molar-refractivity contribution in [3.63, 3.8) is 0 Å². The van der Waals surface area contributed by atoms with E-state index in [-0.39, 0.29) is 17.7 Å². The third-order valence-electron chi connectivity index (χ3n) is 3.44. The summed E-state index contributed by atoms with van der Waals surface area (Å²) in [6.07, 6.45) is 0. The van der Waals surface area contributed by atoms with Gasteiger partial charge < -0.3 is 10.1 Å². The van der Waals surface area contributed by atoms with Crippen molar-refractivity contribution in [3.05, 3.63) is 65.2 Å². The molecular weight excluding hydrogens is 330 g/mol. The van der Waals surface area contributed by atoms with Crippen LogP contribution in [-0.4, -0.2) is 18.7 Å². The van der Waals surface area contributed by atoms with Gasteiger partial charge in [-0.05, 0) is 42.5 Å². The van der Waals surface area contributed by atoms with Crippen molar-refractivity contribution < 1.29 is 23.1 Å². The minimum Gasteiger partial charge on any atom is -0.489 e. The zero-order valence-electron chi connectivity index (χ0n) is 13.3. The number of halogens is 2. The number of rotatable bonds is 6. The Morgan fingerprint density at radius 1 is 1.20 bits per heavy atom. The molecule has 0 radical (unpaired) electrons. The molecule has 1 atom stereocenters. The van der Waals surface area contributed by atoms with Crippen LogP contribution < -0.4 is 10.1 Å². The van der Waals surface area contributed by atoms with Gasteiger partial charge in [0.15, 0.2) is 11.7 Å². The fourth-order valence-corrected chi connectivity index (χ4v) is 2.08. The van der Waals surface area contributed by atoms with Gasteiger partial charge in [-0.15, -0.1) is 0 Å². The third-order valence-corrected chi connectivity index (χ3v) is 3.44. The molecule has 0 aromatic heterocycles. The Labute approximate surface area is 142 Å². The lowest BCUT2D eigenvalue weighted by Gasteiger charge is -2.10. The number of hydrogen-bond donors (Lipinski definition) is 1. The van der Waals surface area contributed by atoms with E-state index < -0.39 is 29.2 Å². The minimum atomic E-state index is -1.51. The molecule has 1 amide bonds. The zero-order valence-corrected chi connectivity index (χ0v) is 13.3. The molecule has 25 heavy (non-hydrogen) atoms. The number of hydrogen-bond acceptors (Lipinski definition) is 4. The highest BCUT2D eigenvalue weighted by atomic mass is 19.1. The summed E-state index contributed by atoms with van der Waals surface area (Å²) >= 11 is 0. The molecule has 2 rings (SSSR count). The standard InChI is InChI=1S/C18H14F2N2O3/c1-22-18(24)15(9-21)17(23)11-2-7-16(20)12(8-11)10-25-14-5-3-13(19)4-6-14/h2-8,15H,10H2,1H3,(H,22,24). The molecule has 1 N–H and O–H groups in total. The predicted octanol–water partition coefficient (Wildman–Crippen LogP) is 2.61. The van der Waals surface area contributed by atoms with E-state index in [4.69, 9.17) is 10.00 Å². The Hall–Kier alpha value is -3.27. The smallest absolute Gasteiger partial charge is 0.245 e. The predicted molar refractivity (Wildman–Crippen MR) is 84.6 cm³/mol. The number of nitrogens with one attached hydrogen (secondary N) is 1. The van der Waals surface area contributed by atoms with E-state index in [1.807, 2.05) is 0 Å². The lowest BCUT2D eigenvalue weighted by molar-refractivity contribution is -0.121. The highest BCUT2D eigenvalue weighted by molar-refractivity contribution is 6.12. The Kier molecular flexibility index (Phi) is 5.79. The number of carbonyl (C=O) groups is 2. The maximum atomic E-state index is 13.9. The van der Waals surface area contributed by atoms with Gasteiger partial charge >= 0.3 is 0 Å². The van der Waals surface area contributed by atoms with Crippen LogP contribution in [0.25, 0.3) is 0 Å². The fraction of sp³-hybridized carbons (Fsp3) is 0.167. The molecule has 2 aromatic carbocycles. The van der Waals surface area contributed by atoms with Crippen molar-refractivity contribution in [1.82, 2.24) is 5.32 Å². The van der Waals surface area contributed by atoms with Crippen LogP contribution in [0.5, 0.6) is 5.75 Å². The Morgan fingerprint density at radius 2 is 1.88 bits per heavy atom. The molecule has 0 spiro atoms. The molecular formula is C18H14F2N2O3. The number of benzene rings is 2. The van der Waals surface area contributed by atoms with Crippen molar-refractivity contribution >= 4 is 11.7 Å². The molecule has 2 aromatic rings. The summed E-state index contributed by atoms with van der Waals surface area (Å²) in [6, 6.07) is 10.3. The average molecular weight is 344 g/mol. The number of ether oxygens (including phenoxy) is 1. The lowest BCUT2D eigenvalue weighted by atomic mass is 9.96. The van der Waals surface area contributed by atoms with Gasteiger partial charge in [-0.1, -0.05) is 0 Å². The maximum absolute atomic E-state index is 13.9. The van der Waals surface area contributed by atoms with E-state index in [1.54, 1.807) is 6.07 Å². The summed E-state index contributed by atoms with van der Waals surface area (Å²) in [7, 11) is 1.31. The third kappa shape index (κ3) is 4.38. The first-order chi connectivity index (χ1) is 12.0. The first-order valence-electron chi connectivity index (χ1n) is 7.28. The Balaban J connectivity index is 2.19. The summed E-state index contributed by atoms with van der Waals surface area (Å²) in [4.78, 5) is 23.8. The monoisotopic (exact) mass is 344 g/mol. The topological polar surface area (TPSA) is 79.2 Å². The van der Waals surface area contributed by atoms with Gasteiger partial charge in [0.05, 0.1) is 6.07 Å². The second kappa shape index (κ2) is 8.02. The van der Waals surface area contributed by atoms with Crippen LogP contribution in [0.2, 0.25) is 0 Å². The van der Waals surface area contributed by atoms with E-state index in [0.29, 0.717) is 5.75 Å². The van der Waals surface area contributed by atoms with Gasteiger partial charge in [0.2, 0.25) is 5.91 Å². The average Bonchev–Trinajstić information content (AvgIpc) is 2.62. The number of carbonyl (C=O) groups excluding carboxylic acids is 2. The Morgan fingerprint density at radius 3 is 2.48 bits per heavy atom. The molecule has 5 nitrogen and oxygen atoms in total. The van der Waals surface area contributed by atoms with Crippen LogP contribution in [-0.2, 0) is 11.4 Å². The quantitative estimate of drug-likeness (QED) is 0.645. The first-order valence-corrected chi connectivity index (χ1v) is 7.28. The number of amides is 1. The van der Waals surface area contributed by atoms with Crippen LogP contribution in [0.1, 0.15) is 15.9 Å². The van der Waals surface area contributed by atoms with Crippen LogP contribution in [0, 0.1) is 28.9 Å². The van der Waals surface area contributed by atoms with Crippen molar-refractivity contribution in [2.45, 2.75) is 6.61 Å². The van der Waals surface area contributed by atoms with Crippen LogP contribution in [0.3, 0.4) is 0 Å². The van der Waals surface area contributed by atoms with Crippen LogP contribution in [0.4, 0.5) is 8.78 Å². The fourth-order valence-electron chi connectivity index (χ4n) is 2.08. The molecule has 7 heteroatoms. The SMILES string of the molecule is CNC(=O)C(C#N)C(=O)c1ccc(F)c(COc2ccc(F)cc2)c1. The molecule has 0 aliphatic heterocycles. The molecule has 128 valence electrons. The summed E-state index contributed by atoms with van der Waals surface area (Å²) < 4.78 is 32.1. The second-order valence-corrected chi connectivity index (χ2v) is 5.09. The van der Waals surface area contributed by atoms with Crippen molar-refractivity contribution in [2.75, 3.05) is 7.05 Å². The molecule has 0 saturated carbocycles. The molecule has 0 aliphatic rings. The highest BCUT2D eigenvalue weighted by Crippen LogP contribution is 2.18. The van der Waals surface area contributed by atoms with E-state index in [9.17, 15) is 18.4 Å². The van der Waals surface area contributed by atoms with Crippen molar-refractivity contribution in [1.29, 1.82) is 5.26 Å². The number of ketones is 1. The second-order valence-electron chi connectivity index (χ2n) is 5.09. The number of nitrogens with zero attached hydrogens (tertiary/aromatic N) is 1. The molecule has 1 unspecified atom stereocenters. The maximum Gasteiger partial charge on any atom is 0.245 e. The molecule has 0 fully saturated rings. The summed E-state index contributed by atoms with van der Waals surface area (Å²) in [5, 5.41) is 11.2. The summed E-state index contributed by atoms with van der Waals surface area (Å²) in [5.41, 5.74) is 0.0954. The minimum absolute atomic E-state index is 0.0225. The zero-order chi connectivity index (χ0) is 18.4. The largest absolute Gasteiger partial charge is 0.489 e. The number of Topliss-reactive ketones (excluding diaryl/α,β-unsaturated/α-hetero) is 1. The highest BCUT2D eigenvalue weighted by Gasteiger charge is 2.27. The van der Waals surface area contributed by atoms with Crippen LogP contribution in [0.15, 0.2) is 42.5 Å². The van der Waals surface area contributed by atoms with Gasteiger partial charge in [0.25, 0.3) is 0 Å². The van der Waals surface area contributed by atoms with E-state index in [1.165, 1.54) is 43.4 Å². The van der Waals surface area contributed by atoms with E-state index in [2.05, 4.69) is 5.32 Å². The normalized spacial score (nSPS) is 11.3. The van der Waals surface area contributed by atoms with Gasteiger partial charge in [-0.25, -0.2) is 8.78 Å². The Bertz CT molecular complexity index is 829. The first kappa shape index (κ1) is 18.1. The molecule has 0 heterocycles. The van der Waals surface area contributed by atoms with Gasteiger partial charge in [-0.3, -0.25) is 9.59 Å². The lowest BCUT2D eigenvalue weighted by Crippen LogP contribution is -2.32. The summed E-state index contributed by atoms with van der Waals surface area (Å²) in [5.74, 6) is -3.68. The van der Waals surface area contributed by atoms with Crippen molar-refractivity contribution in [3.8, 4) is 11.8 Å². The number of nitriles is 1. The van der Waals surface area contributed by atoms with E-state index >= 15 is 0 Å². The molecule has 0 saturated heterocycles. The molecule has 0 bridgehead atoms. The van der Waals surface area contributed by atoms with Crippen LogP contribution >= 0.6 is 0 Å². The van der Waals surface area contributed by atoms with Gasteiger partial charge in [0, 0.05) is 18.2 Å². The van der Waals surface area contributed by atoms with Gasteiger partial charge in [-0.2, -0.15) is 5.26 Å². The molecule has 0 aliphatic carbocycles.